The lowest BCUT2D eigenvalue weighted by atomic mass is 10.1. The fourth-order valence-corrected chi connectivity index (χ4v) is 1.52. The molecule has 0 aliphatic carbocycles. The summed E-state index contributed by atoms with van der Waals surface area (Å²) in [7, 11) is 0. The summed E-state index contributed by atoms with van der Waals surface area (Å²) >= 11 is 0. The molecule has 1 atom stereocenters. The Hall–Kier alpha value is -1.42. The molecule has 4 nitrogen and oxygen atoms in total. The Balaban J connectivity index is 2.19. The van der Waals surface area contributed by atoms with Crippen LogP contribution in [0.1, 0.15) is 25.3 Å². The first-order valence-electron chi connectivity index (χ1n) is 5.59. The quantitative estimate of drug-likeness (QED) is 0.686. The Morgan fingerprint density at radius 1 is 1.62 bits per heavy atom. The van der Waals surface area contributed by atoms with Crippen LogP contribution < -0.4 is 5.32 Å². The fraction of sp³-hybridized carbons (Fsp3) is 0.500. The van der Waals surface area contributed by atoms with Crippen molar-refractivity contribution in [3.8, 4) is 0 Å². The van der Waals surface area contributed by atoms with Crippen LogP contribution in [0.3, 0.4) is 0 Å². The third kappa shape index (κ3) is 4.40. The smallest absolute Gasteiger partial charge is 0.320 e. The Morgan fingerprint density at radius 2 is 2.44 bits per heavy atom. The van der Waals surface area contributed by atoms with E-state index in [1.165, 1.54) is 5.56 Å². The second-order valence-corrected chi connectivity index (χ2v) is 3.72. The normalized spacial score (nSPS) is 12.3. The zero-order chi connectivity index (χ0) is 11.8. The van der Waals surface area contributed by atoms with E-state index >= 15 is 0 Å². The van der Waals surface area contributed by atoms with Crippen LogP contribution in [0.25, 0.3) is 0 Å². The molecule has 0 unspecified atom stereocenters. The van der Waals surface area contributed by atoms with Crippen molar-refractivity contribution < 1.29 is 9.90 Å². The third-order valence-electron chi connectivity index (χ3n) is 2.46. The number of pyridine rings is 1. The van der Waals surface area contributed by atoms with Crippen molar-refractivity contribution >= 4 is 5.97 Å². The predicted molar refractivity (Wildman–Crippen MR) is 62.3 cm³/mol. The average molecular weight is 222 g/mol. The molecule has 1 rings (SSSR count). The van der Waals surface area contributed by atoms with E-state index in [9.17, 15) is 4.79 Å². The highest BCUT2D eigenvalue weighted by atomic mass is 16.4. The summed E-state index contributed by atoms with van der Waals surface area (Å²) in [6.07, 6.45) is 6.06. The van der Waals surface area contributed by atoms with E-state index in [1.807, 2.05) is 25.3 Å². The maximum atomic E-state index is 10.7. The molecular formula is C12H18N2O2. The standard InChI is InChI=1S/C12H18N2O2/c1-2-11(12(15)16)14-8-4-6-10-5-3-7-13-9-10/h3,5,7,9,11,14H,2,4,6,8H2,1H3,(H,15,16)/t11-/m0/s1. The van der Waals surface area contributed by atoms with Crippen molar-refractivity contribution in [2.45, 2.75) is 32.2 Å². The van der Waals surface area contributed by atoms with E-state index in [0.717, 1.165) is 19.4 Å². The summed E-state index contributed by atoms with van der Waals surface area (Å²) in [5, 5.41) is 11.8. The van der Waals surface area contributed by atoms with Crippen LogP contribution in [0, 0.1) is 0 Å². The van der Waals surface area contributed by atoms with Crippen LogP contribution in [0.4, 0.5) is 0 Å². The summed E-state index contributed by atoms with van der Waals surface area (Å²) in [4.78, 5) is 14.8. The maximum Gasteiger partial charge on any atom is 0.320 e. The van der Waals surface area contributed by atoms with E-state index in [0.29, 0.717) is 6.42 Å². The number of nitrogens with one attached hydrogen (secondary N) is 1. The second kappa shape index (κ2) is 6.95. The first-order valence-corrected chi connectivity index (χ1v) is 5.59. The number of rotatable bonds is 7. The number of hydrogen-bond donors (Lipinski definition) is 2. The number of carboxylic acids is 1. The van der Waals surface area contributed by atoms with Crippen molar-refractivity contribution in [3.05, 3.63) is 30.1 Å². The van der Waals surface area contributed by atoms with Crippen molar-refractivity contribution in [2.24, 2.45) is 0 Å². The van der Waals surface area contributed by atoms with Crippen LogP contribution >= 0.6 is 0 Å². The molecule has 0 radical (unpaired) electrons. The minimum Gasteiger partial charge on any atom is -0.480 e. The minimum absolute atomic E-state index is 0.422. The number of aromatic nitrogens is 1. The Bertz CT molecular complexity index is 314. The minimum atomic E-state index is -0.774. The third-order valence-corrected chi connectivity index (χ3v) is 2.46. The molecule has 16 heavy (non-hydrogen) atoms. The highest BCUT2D eigenvalue weighted by molar-refractivity contribution is 5.73. The van der Waals surface area contributed by atoms with Crippen LogP contribution in [0.15, 0.2) is 24.5 Å². The molecule has 0 amide bonds. The zero-order valence-corrected chi connectivity index (χ0v) is 9.52. The lowest BCUT2D eigenvalue weighted by Gasteiger charge is -2.11. The van der Waals surface area contributed by atoms with Crippen LogP contribution in [0.5, 0.6) is 0 Å². The van der Waals surface area contributed by atoms with Gasteiger partial charge in [0.2, 0.25) is 0 Å². The summed E-state index contributed by atoms with van der Waals surface area (Å²) < 4.78 is 0. The molecule has 0 aromatic carbocycles. The van der Waals surface area contributed by atoms with Gasteiger partial charge in [-0.05, 0) is 37.4 Å². The van der Waals surface area contributed by atoms with Gasteiger partial charge < -0.3 is 10.4 Å². The van der Waals surface area contributed by atoms with Crippen molar-refractivity contribution in [2.75, 3.05) is 6.54 Å². The van der Waals surface area contributed by atoms with Gasteiger partial charge in [0.25, 0.3) is 0 Å². The van der Waals surface area contributed by atoms with Crippen LogP contribution in [-0.2, 0) is 11.2 Å². The van der Waals surface area contributed by atoms with E-state index in [4.69, 9.17) is 5.11 Å². The van der Waals surface area contributed by atoms with Crippen molar-refractivity contribution in [1.82, 2.24) is 10.3 Å². The topological polar surface area (TPSA) is 62.2 Å². The second-order valence-electron chi connectivity index (χ2n) is 3.72. The van der Waals surface area contributed by atoms with Gasteiger partial charge in [-0.15, -0.1) is 0 Å². The van der Waals surface area contributed by atoms with Gasteiger partial charge in [0, 0.05) is 12.4 Å². The van der Waals surface area contributed by atoms with Crippen molar-refractivity contribution in [3.63, 3.8) is 0 Å². The van der Waals surface area contributed by atoms with E-state index < -0.39 is 12.0 Å². The highest BCUT2D eigenvalue weighted by Gasteiger charge is 2.12. The predicted octanol–water partition coefficient (Wildman–Crippen LogP) is 1.47. The van der Waals surface area contributed by atoms with E-state index in [-0.39, 0.29) is 0 Å². The Labute approximate surface area is 95.7 Å². The average Bonchev–Trinajstić information content (AvgIpc) is 2.30. The number of aliphatic carboxylic acids is 1. The molecule has 0 spiro atoms. The SMILES string of the molecule is CC[C@H](NCCCc1cccnc1)C(=O)O. The summed E-state index contributed by atoms with van der Waals surface area (Å²) in [5.41, 5.74) is 1.19. The lowest BCUT2D eigenvalue weighted by Crippen LogP contribution is -2.36. The molecule has 1 aromatic heterocycles. The summed E-state index contributed by atoms with van der Waals surface area (Å²) in [5.74, 6) is -0.774. The van der Waals surface area contributed by atoms with Gasteiger partial charge in [0.15, 0.2) is 0 Å². The molecule has 1 aromatic rings. The number of carbonyl (C=O) groups is 1. The van der Waals surface area contributed by atoms with Crippen LogP contribution in [0.2, 0.25) is 0 Å². The lowest BCUT2D eigenvalue weighted by molar-refractivity contribution is -0.139. The van der Waals surface area contributed by atoms with Crippen LogP contribution in [-0.4, -0.2) is 28.6 Å². The van der Waals surface area contributed by atoms with E-state index in [1.54, 1.807) is 6.20 Å². The number of aryl methyl sites for hydroxylation is 1. The fourth-order valence-electron chi connectivity index (χ4n) is 1.52. The highest BCUT2D eigenvalue weighted by Crippen LogP contribution is 2.00. The summed E-state index contributed by atoms with van der Waals surface area (Å²) in [6.45, 7) is 2.59. The molecule has 0 aliphatic heterocycles. The zero-order valence-electron chi connectivity index (χ0n) is 9.52. The molecular weight excluding hydrogens is 204 g/mol. The van der Waals surface area contributed by atoms with Gasteiger partial charge in [-0.2, -0.15) is 0 Å². The molecule has 4 heteroatoms. The van der Waals surface area contributed by atoms with Crippen molar-refractivity contribution in [1.29, 1.82) is 0 Å². The van der Waals surface area contributed by atoms with Gasteiger partial charge in [-0.25, -0.2) is 0 Å². The van der Waals surface area contributed by atoms with Gasteiger partial charge in [-0.1, -0.05) is 13.0 Å². The van der Waals surface area contributed by atoms with E-state index in [2.05, 4.69) is 10.3 Å². The molecule has 0 saturated heterocycles. The molecule has 0 aliphatic rings. The summed E-state index contributed by atoms with van der Waals surface area (Å²) in [6, 6.07) is 3.52. The number of carboxylic acid groups (broad SMARTS) is 1. The molecule has 0 fully saturated rings. The maximum absolute atomic E-state index is 10.7. The monoisotopic (exact) mass is 222 g/mol. The first-order chi connectivity index (χ1) is 7.74. The number of hydrogen-bond acceptors (Lipinski definition) is 3. The Kier molecular flexibility index (Phi) is 5.50. The molecule has 2 N–H and O–H groups in total. The largest absolute Gasteiger partial charge is 0.480 e. The molecule has 88 valence electrons. The number of nitrogens with zero attached hydrogens (tertiary/aromatic N) is 1. The molecule has 1 heterocycles. The van der Waals surface area contributed by atoms with Gasteiger partial charge >= 0.3 is 5.97 Å². The first kappa shape index (κ1) is 12.6. The Morgan fingerprint density at radius 3 is 3.00 bits per heavy atom. The van der Waals surface area contributed by atoms with Gasteiger partial charge in [0.05, 0.1) is 0 Å². The van der Waals surface area contributed by atoms with Gasteiger partial charge in [-0.3, -0.25) is 9.78 Å². The molecule has 0 saturated carbocycles. The van der Waals surface area contributed by atoms with Gasteiger partial charge in [0.1, 0.15) is 6.04 Å². The molecule has 0 bridgehead atoms.